The van der Waals surface area contributed by atoms with Crippen molar-refractivity contribution in [3.05, 3.63) is 64.7 Å². The molecule has 2 N–H and O–H groups in total. The molecule has 2 rings (SSSR count). The monoisotopic (exact) mass is 275 g/mol. The smallest absolute Gasteiger partial charge is 0.115 e. The molecule has 0 bridgehead atoms. The van der Waals surface area contributed by atoms with E-state index in [2.05, 4.69) is 19.2 Å². The van der Waals surface area contributed by atoms with Crippen molar-refractivity contribution in [2.45, 2.75) is 25.9 Å². The zero-order chi connectivity index (χ0) is 13.8. The summed E-state index contributed by atoms with van der Waals surface area (Å²) in [6, 6.07) is 15.4. The second-order valence-electron chi connectivity index (χ2n) is 4.73. The van der Waals surface area contributed by atoms with E-state index in [0.29, 0.717) is 0 Å². The lowest BCUT2D eigenvalue weighted by molar-refractivity contribution is 0.466. The molecular weight excluding hydrogens is 258 g/mol. The van der Waals surface area contributed by atoms with E-state index in [1.807, 2.05) is 36.4 Å². The highest BCUT2D eigenvalue weighted by Crippen LogP contribution is 2.26. The van der Waals surface area contributed by atoms with E-state index in [1.54, 1.807) is 12.1 Å². The number of rotatable bonds is 4. The summed E-state index contributed by atoms with van der Waals surface area (Å²) >= 11 is 6.19. The highest BCUT2D eigenvalue weighted by atomic mass is 35.5. The molecule has 19 heavy (non-hydrogen) atoms. The van der Waals surface area contributed by atoms with Gasteiger partial charge >= 0.3 is 0 Å². The van der Waals surface area contributed by atoms with Crippen LogP contribution < -0.4 is 5.32 Å². The maximum atomic E-state index is 9.51. The maximum absolute atomic E-state index is 9.51. The molecular formula is C16H18ClNO. The SMILES string of the molecule is CC(NC(C)c1ccccc1Cl)c1cccc(O)c1. The van der Waals surface area contributed by atoms with Crippen LogP contribution in [0.2, 0.25) is 5.02 Å². The Hall–Kier alpha value is -1.51. The fourth-order valence-electron chi connectivity index (χ4n) is 2.18. The molecule has 0 aliphatic rings. The summed E-state index contributed by atoms with van der Waals surface area (Å²) in [4.78, 5) is 0. The first-order valence-electron chi connectivity index (χ1n) is 6.37. The molecule has 0 fully saturated rings. The number of halogens is 1. The quantitative estimate of drug-likeness (QED) is 0.864. The summed E-state index contributed by atoms with van der Waals surface area (Å²) in [5.74, 6) is 0.288. The average molecular weight is 276 g/mol. The first-order chi connectivity index (χ1) is 9.08. The molecule has 2 atom stereocenters. The molecule has 0 aliphatic carbocycles. The molecule has 0 radical (unpaired) electrons. The molecule has 0 saturated carbocycles. The zero-order valence-electron chi connectivity index (χ0n) is 11.1. The molecule has 3 heteroatoms. The highest BCUT2D eigenvalue weighted by molar-refractivity contribution is 6.31. The van der Waals surface area contributed by atoms with Gasteiger partial charge in [-0.2, -0.15) is 0 Å². The minimum absolute atomic E-state index is 0.137. The van der Waals surface area contributed by atoms with Crippen molar-refractivity contribution in [1.29, 1.82) is 0 Å². The normalized spacial score (nSPS) is 14.1. The number of phenolic OH excluding ortho intramolecular Hbond substituents is 1. The maximum Gasteiger partial charge on any atom is 0.115 e. The van der Waals surface area contributed by atoms with Crippen molar-refractivity contribution in [2.75, 3.05) is 0 Å². The van der Waals surface area contributed by atoms with Crippen LogP contribution in [0.3, 0.4) is 0 Å². The molecule has 2 unspecified atom stereocenters. The summed E-state index contributed by atoms with van der Waals surface area (Å²) in [5.41, 5.74) is 2.13. The summed E-state index contributed by atoms with van der Waals surface area (Å²) in [6.45, 7) is 4.16. The minimum atomic E-state index is 0.137. The van der Waals surface area contributed by atoms with Crippen LogP contribution in [0.25, 0.3) is 0 Å². The Balaban J connectivity index is 2.11. The Morgan fingerprint density at radius 2 is 1.74 bits per heavy atom. The van der Waals surface area contributed by atoms with Gasteiger partial charge in [-0.3, -0.25) is 0 Å². The Labute approximate surface area is 119 Å². The van der Waals surface area contributed by atoms with Crippen LogP contribution >= 0.6 is 11.6 Å². The third-order valence-electron chi connectivity index (χ3n) is 3.24. The third-order valence-corrected chi connectivity index (χ3v) is 3.59. The second-order valence-corrected chi connectivity index (χ2v) is 5.13. The lowest BCUT2D eigenvalue weighted by Gasteiger charge is -2.21. The zero-order valence-corrected chi connectivity index (χ0v) is 11.9. The summed E-state index contributed by atoms with van der Waals surface area (Å²) in [6.07, 6.45) is 0. The van der Waals surface area contributed by atoms with Crippen LogP contribution in [0.15, 0.2) is 48.5 Å². The minimum Gasteiger partial charge on any atom is -0.508 e. The lowest BCUT2D eigenvalue weighted by Crippen LogP contribution is -2.22. The number of phenols is 1. The molecule has 0 aliphatic heterocycles. The molecule has 0 amide bonds. The van der Waals surface area contributed by atoms with Crippen LogP contribution in [0.1, 0.15) is 37.1 Å². The van der Waals surface area contributed by atoms with Gasteiger partial charge in [0.15, 0.2) is 0 Å². The highest BCUT2D eigenvalue weighted by Gasteiger charge is 2.13. The molecule has 100 valence electrons. The van der Waals surface area contributed by atoms with E-state index in [4.69, 9.17) is 11.6 Å². The van der Waals surface area contributed by atoms with Crippen LogP contribution in [-0.4, -0.2) is 5.11 Å². The van der Waals surface area contributed by atoms with Gasteiger partial charge in [0.25, 0.3) is 0 Å². The first kappa shape index (κ1) is 13.9. The van der Waals surface area contributed by atoms with Crippen LogP contribution in [0.4, 0.5) is 0 Å². The summed E-state index contributed by atoms with van der Waals surface area (Å²) < 4.78 is 0. The average Bonchev–Trinajstić information content (AvgIpc) is 2.39. The molecule has 2 nitrogen and oxygen atoms in total. The number of hydrogen-bond donors (Lipinski definition) is 2. The first-order valence-corrected chi connectivity index (χ1v) is 6.75. The molecule has 0 heterocycles. The predicted octanol–water partition coefficient (Wildman–Crippen LogP) is 4.46. The van der Waals surface area contributed by atoms with Gasteiger partial charge in [-0.25, -0.2) is 0 Å². The van der Waals surface area contributed by atoms with Crippen molar-refractivity contribution >= 4 is 11.6 Å². The molecule has 2 aromatic carbocycles. The topological polar surface area (TPSA) is 32.3 Å². The van der Waals surface area contributed by atoms with Gasteiger partial charge in [0.05, 0.1) is 0 Å². The fourth-order valence-corrected chi connectivity index (χ4v) is 2.48. The number of aromatic hydroxyl groups is 1. The van der Waals surface area contributed by atoms with Crippen LogP contribution in [-0.2, 0) is 0 Å². The number of hydrogen-bond acceptors (Lipinski definition) is 2. The summed E-state index contributed by atoms with van der Waals surface area (Å²) in [5, 5.41) is 13.8. The van der Waals surface area contributed by atoms with E-state index >= 15 is 0 Å². The lowest BCUT2D eigenvalue weighted by atomic mass is 10.0. The van der Waals surface area contributed by atoms with Crippen LogP contribution in [0.5, 0.6) is 5.75 Å². The van der Waals surface area contributed by atoms with Gasteiger partial charge in [0, 0.05) is 17.1 Å². The van der Waals surface area contributed by atoms with E-state index in [0.717, 1.165) is 16.1 Å². The van der Waals surface area contributed by atoms with Gasteiger partial charge in [-0.1, -0.05) is 41.9 Å². The Morgan fingerprint density at radius 3 is 2.42 bits per heavy atom. The standard InChI is InChI=1S/C16H18ClNO/c1-11(13-6-5-7-14(19)10-13)18-12(2)15-8-3-4-9-16(15)17/h3-12,18-19H,1-2H3. The van der Waals surface area contributed by atoms with E-state index in [9.17, 15) is 5.11 Å². The van der Waals surface area contributed by atoms with Gasteiger partial charge in [-0.05, 0) is 43.2 Å². The van der Waals surface area contributed by atoms with E-state index in [-0.39, 0.29) is 17.8 Å². The number of benzene rings is 2. The number of nitrogens with one attached hydrogen (secondary N) is 1. The van der Waals surface area contributed by atoms with E-state index < -0.39 is 0 Å². The summed E-state index contributed by atoms with van der Waals surface area (Å²) in [7, 11) is 0. The Morgan fingerprint density at radius 1 is 1.00 bits per heavy atom. The van der Waals surface area contributed by atoms with E-state index in [1.165, 1.54) is 0 Å². The fraction of sp³-hybridized carbons (Fsp3) is 0.250. The van der Waals surface area contributed by atoms with Crippen LogP contribution in [0, 0.1) is 0 Å². The van der Waals surface area contributed by atoms with Crippen molar-refractivity contribution in [1.82, 2.24) is 5.32 Å². The Bertz CT molecular complexity index is 556. The Kier molecular flexibility index (Phi) is 4.46. The van der Waals surface area contributed by atoms with Crippen molar-refractivity contribution in [3.8, 4) is 5.75 Å². The molecule has 2 aromatic rings. The van der Waals surface area contributed by atoms with Crippen molar-refractivity contribution in [3.63, 3.8) is 0 Å². The molecule has 0 spiro atoms. The van der Waals surface area contributed by atoms with Gasteiger partial charge in [0.2, 0.25) is 0 Å². The molecule has 0 saturated heterocycles. The van der Waals surface area contributed by atoms with Gasteiger partial charge in [-0.15, -0.1) is 0 Å². The van der Waals surface area contributed by atoms with Gasteiger partial charge < -0.3 is 10.4 Å². The largest absolute Gasteiger partial charge is 0.508 e. The van der Waals surface area contributed by atoms with Crippen molar-refractivity contribution in [2.24, 2.45) is 0 Å². The predicted molar refractivity (Wildman–Crippen MR) is 79.5 cm³/mol. The van der Waals surface area contributed by atoms with Gasteiger partial charge in [0.1, 0.15) is 5.75 Å². The third kappa shape index (κ3) is 3.49. The second kappa shape index (κ2) is 6.09. The molecule has 0 aromatic heterocycles. The van der Waals surface area contributed by atoms with Crippen molar-refractivity contribution < 1.29 is 5.11 Å².